The normalized spacial score (nSPS) is 21.0. The van der Waals surface area contributed by atoms with Gasteiger partial charge in [-0.3, -0.25) is 0 Å². The van der Waals surface area contributed by atoms with E-state index in [4.69, 9.17) is 0 Å². The number of nitrogens with zero attached hydrogens (tertiary/aromatic N) is 4. The highest BCUT2D eigenvalue weighted by atomic mass is 32.2. The first-order valence-electron chi connectivity index (χ1n) is 9.65. The van der Waals surface area contributed by atoms with Gasteiger partial charge in [-0.25, -0.2) is 13.2 Å². The number of rotatable bonds is 7. The van der Waals surface area contributed by atoms with E-state index in [0.717, 1.165) is 25.7 Å². The average molecular weight is 383 g/mol. The van der Waals surface area contributed by atoms with Crippen molar-refractivity contribution in [2.24, 2.45) is 32.3 Å². The largest absolute Gasteiger partial charge is 0.403 e. The summed E-state index contributed by atoms with van der Waals surface area (Å²) >= 11 is 0. The van der Waals surface area contributed by atoms with Gasteiger partial charge in [0.05, 0.1) is 11.8 Å². The van der Waals surface area contributed by atoms with Crippen molar-refractivity contribution in [1.82, 2.24) is 0 Å². The molecule has 8 heteroatoms. The van der Waals surface area contributed by atoms with E-state index < -0.39 is 21.7 Å². The Bertz CT molecular complexity index is 600. The molecule has 0 aromatic carbocycles. The van der Waals surface area contributed by atoms with Crippen molar-refractivity contribution in [2.75, 3.05) is 11.6 Å². The van der Waals surface area contributed by atoms with Crippen LogP contribution in [0, 0.1) is 11.8 Å². The fourth-order valence-corrected chi connectivity index (χ4v) is 4.77. The van der Waals surface area contributed by atoms with Gasteiger partial charge in [0, 0.05) is 0 Å². The lowest BCUT2D eigenvalue weighted by Gasteiger charge is -2.34. The molecule has 26 heavy (non-hydrogen) atoms. The van der Waals surface area contributed by atoms with E-state index >= 15 is 0 Å². The Balaban J connectivity index is 1.96. The highest BCUT2D eigenvalue weighted by molar-refractivity contribution is 7.91. The van der Waals surface area contributed by atoms with Crippen LogP contribution in [0.5, 0.6) is 0 Å². The fraction of sp³-hybridized carbons (Fsp3) is 0.833. The van der Waals surface area contributed by atoms with E-state index in [2.05, 4.69) is 27.0 Å². The summed E-state index contributed by atoms with van der Waals surface area (Å²) in [5.41, 5.74) is 0. The third-order valence-corrected chi connectivity index (χ3v) is 6.58. The first kappa shape index (κ1) is 20.9. The Kier molecular flexibility index (Phi) is 8.54. The van der Waals surface area contributed by atoms with Gasteiger partial charge in [0.2, 0.25) is 0 Å². The molecule has 2 amide bonds. The van der Waals surface area contributed by atoms with Crippen LogP contribution in [-0.2, 0) is 9.84 Å². The zero-order chi connectivity index (χ0) is 18.8. The van der Waals surface area contributed by atoms with Crippen molar-refractivity contribution >= 4 is 15.9 Å². The van der Waals surface area contributed by atoms with Crippen LogP contribution in [-0.4, -0.2) is 32.1 Å². The van der Waals surface area contributed by atoms with Crippen molar-refractivity contribution in [3.8, 4) is 0 Å². The van der Waals surface area contributed by atoms with Crippen molar-refractivity contribution in [1.29, 1.82) is 0 Å². The molecule has 2 rings (SSSR count). The predicted molar refractivity (Wildman–Crippen MR) is 101 cm³/mol. The topological polar surface area (TPSA) is 101 Å². The molecule has 2 aliphatic rings. The van der Waals surface area contributed by atoms with E-state index in [9.17, 15) is 13.2 Å². The molecule has 0 aromatic rings. The smallest absolute Gasteiger partial charge is 0.240 e. The highest BCUT2D eigenvalue weighted by Gasteiger charge is 2.31. The lowest BCUT2D eigenvalue weighted by molar-refractivity contribution is 0.199. The molecule has 0 aliphatic heterocycles. The minimum absolute atomic E-state index is 0.0826. The van der Waals surface area contributed by atoms with Crippen LogP contribution >= 0.6 is 0 Å². The van der Waals surface area contributed by atoms with Crippen LogP contribution in [0.2, 0.25) is 0 Å². The van der Waals surface area contributed by atoms with Crippen LogP contribution in [0.15, 0.2) is 33.1 Å². The fourth-order valence-electron chi connectivity index (χ4n) is 4.07. The molecule has 0 saturated heterocycles. The third-order valence-electron chi connectivity index (χ3n) is 5.32. The summed E-state index contributed by atoms with van der Waals surface area (Å²) in [6.07, 6.45) is 13.3. The van der Waals surface area contributed by atoms with Crippen molar-refractivity contribution in [3.63, 3.8) is 0 Å². The Morgan fingerprint density at radius 1 is 0.962 bits per heavy atom. The first-order chi connectivity index (χ1) is 12.5. The summed E-state index contributed by atoms with van der Waals surface area (Å²) in [7, 11) is -3.40. The van der Waals surface area contributed by atoms with Crippen LogP contribution in [0.25, 0.3) is 0 Å². The Morgan fingerprint density at radius 2 is 1.50 bits per heavy atom. The van der Waals surface area contributed by atoms with Gasteiger partial charge in [-0.2, -0.15) is 10.2 Å². The number of carbonyl (C=O) groups is 1. The minimum atomic E-state index is -3.40. The van der Waals surface area contributed by atoms with Gasteiger partial charge in [0.15, 0.2) is 15.7 Å². The van der Waals surface area contributed by atoms with Crippen molar-refractivity contribution in [2.45, 2.75) is 70.3 Å². The quantitative estimate of drug-likeness (QED) is 0.452. The van der Waals surface area contributed by atoms with Gasteiger partial charge in [-0.15, -0.1) is 6.58 Å². The number of amides is 2. The number of azo groups is 2. The first-order valence-corrected chi connectivity index (χ1v) is 11.5. The molecular formula is C18H30N4O3S. The van der Waals surface area contributed by atoms with Crippen molar-refractivity contribution in [3.05, 3.63) is 12.7 Å². The summed E-state index contributed by atoms with van der Waals surface area (Å²) in [5, 5.41) is 14.9. The van der Waals surface area contributed by atoms with Gasteiger partial charge in [0.1, 0.15) is 0 Å². The second-order valence-corrected chi connectivity index (χ2v) is 9.43. The lowest BCUT2D eigenvalue weighted by atomic mass is 9.74. The number of urea groups is 1. The van der Waals surface area contributed by atoms with E-state index in [1.165, 1.54) is 44.6 Å². The SMILES string of the molecule is C=CCS(=O)(=O)CN=NC(=O)N=NC(C1CCCCC1)C1CCCCC1. The molecule has 0 radical (unpaired) electrons. The maximum Gasteiger partial charge on any atom is 0.403 e. The second-order valence-electron chi connectivity index (χ2n) is 7.35. The predicted octanol–water partition coefficient (Wildman–Crippen LogP) is 5.10. The van der Waals surface area contributed by atoms with Gasteiger partial charge in [0.25, 0.3) is 0 Å². The molecule has 2 aliphatic carbocycles. The summed E-state index contributed by atoms with van der Waals surface area (Å²) < 4.78 is 23.0. The van der Waals surface area contributed by atoms with Crippen LogP contribution in [0.3, 0.4) is 0 Å². The van der Waals surface area contributed by atoms with Gasteiger partial charge in [-0.05, 0) is 37.5 Å². The maximum atomic E-state index is 11.8. The van der Waals surface area contributed by atoms with Gasteiger partial charge < -0.3 is 0 Å². The van der Waals surface area contributed by atoms with E-state index in [-0.39, 0.29) is 11.8 Å². The molecular weight excluding hydrogens is 352 g/mol. The zero-order valence-electron chi connectivity index (χ0n) is 15.4. The van der Waals surface area contributed by atoms with Crippen LogP contribution < -0.4 is 0 Å². The molecule has 146 valence electrons. The second kappa shape index (κ2) is 10.6. The molecule has 0 aromatic heterocycles. The molecule has 0 spiro atoms. The number of hydrogen-bond acceptors (Lipinski definition) is 5. The summed E-state index contributed by atoms with van der Waals surface area (Å²) in [5.74, 6) is 0.267. The number of hydrogen-bond donors (Lipinski definition) is 0. The standard InChI is InChI=1S/C18H30N4O3S/c1-2-13-26(24,25)14-19-21-18(23)22-20-17(15-9-5-3-6-10-15)16-11-7-4-8-12-16/h2,15-17H,1,3-14H2. The molecule has 0 N–H and O–H groups in total. The molecule has 0 unspecified atom stereocenters. The Labute approximate surface area is 156 Å². The maximum absolute atomic E-state index is 11.8. The lowest BCUT2D eigenvalue weighted by Crippen LogP contribution is -2.30. The molecule has 7 nitrogen and oxygen atoms in total. The molecule has 0 bridgehead atoms. The van der Waals surface area contributed by atoms with Gasteiger partial charge >= 0.3 is 6.03 Å². The monoisotopic (exact) mass is 382 g/mol. The van der Waals surface area contributed by atoms with Crippen molar-refractivity contribution < 1.29 is 13.2 Å². The summed E-state index contributed by atoms with van der Waals surface area (Å²) in [6.45, 7) is 3.37. The summed E-state index contributed by atoms with van der Waals surface area (Å²) in [6, 6.07) is -0.741. The third kappa shape index (κ3) is 7.05. The minimum Gasteiger partial charge on any atom is -0.240 e. The molecule has 0 atom stereocenters. The number of sulfone groups is 1. The average Bonchev–Trinajstić information content (AvgIpc) is 2.63. The molecule has 2 saturated carbocycles. The molecule has 2 fully saturated rings. The van der Waals surface area contributed by atoms with E-state index in [1.807, 2.05) is 0 Å². The summed E-state index contributed by atoms with van der Waals surface area (Å²) in [4.78, 5) is 11.8. The van der Waals surface area contributed by atoms with E-state index in [0.29, 0.717) is 11.8 Å². The van der Waals surface area contributed by atoms with Gasteiger partial charge in [-0.1, -0.05) is 54.8 Å². The van der Waals surface area contributed by atoms with Crippen LogP contribution in [0.1, 0.15) is 64.2 Å². The zero-order valence-corrected chi connectivity index (χ0v) is 16.2. The number of carbonyl (C=O) groups excluding carboxylic acids is 1. The highest BCUT2D eigenvalue weighted by Crippen LogP contribution is 2.37. The Hall–Kier alpha value is -1.44. The Morgan fingerprint density at radius 3 is 2.00 bits per heavy atom. The molecule has 0 heterocycles. The van der Waals surface area contributed by atoms with E-state index in [1.54, 1.807) is 0 Å². The van der Waals surface area contributed by atoms with Crippen LogP contribution in [0.4, 0.5) is 4.79 Å².